The molecule has 5 aromatic carbocycles. The van der Waals surface area contributed by atoms with Crippen LogP contribution >= 0.6 is 0 Å². The van der Waals surface area contributed by atoms with Gasteiger partial charge in [-0.3, -0.25) is 0 Å². The number of rotatable bonds is 9. The first-order chi connectivity index (χ1) is 28.6. The quantitative estimate of drug-likeness (QED) is 0.149. The van der Waals surface area contributed by atoms with Gasteiger partial charge in [0.1, 0.15) is 11.9 Å². The summed E-state index contributed by atoms with van der Waals surface area (Å²) in [5, 5.41) is 0. The minimum Gasteiger partial charge on any atom is -0.487 e. The van der Waals surface area contributed by atoms with Crippen molar-refractivity contribution in [1.82, 2.24) is 0 Å². The molecule has 0 saturated carbocycles. The molecule has 3 nitrogen and oxygen atoms in total. The van der Waals surface area contributed by atoms with Crippen molar-refractivity contribution in [2.75, 3.05) is 9.80 Å². The van der Waals surface area contributed by atoms with E-state index in [0.29, 0.717) is 0 Å². The van der Waals surface area contributed by atoms with E-state index in [1.165, 1.54) is 97.7 Å². The summed E-state index contributed by atoms with van der Waals surface area (Å²) in [7, 11) is 0. The van der Waals surface area contributed by atoms with Gasteiger partial charge in [-0.1, -0.05) is 135 Å². The predicted molar refractivity (Wildman–Crippen MR) is 243 cm³/mol. The van der Waals surface area contributed by atoms with Gasteiger partial charge in [-0.15, -0.1) is 0 Å². The lowest BCUT2D eigenvalue weighted by molar-refractivity contribution is 0.151. The lowest BCUT2D eigenvalue weighted by Gasteiger charge is -2.38. The fourth-order valence-corrected chi connectivity index (χ4v) is 9.96. The Morgan fingerprint density at radius 3 is 2.05 bits per heavy atom. The van der Waals surface area contributed by atoms with E-state index in [0.717, 1.165) is 38.0 Å². The third-order valence-corrected chi connectivity index (χ3v) is 13.0. The summed E-state index contributed by atoms with van der Waals surface area (Å²) in [6, 6.07) is 47.2. The average molecular weight is 757 g/mol. The number of hydrogen-bond donors (Lipinski definition) is 0. The molecule has 3 atom stereocenters. The van der Waals surface area contributed by atoms with Gasteiger partial charge in [0.25, 0.3) is 0 Å². The second-order valence-electron chi connectivity index (χ2n) is 16.5. The van der Waals surface area contributed by atoms with Gasteiger partial charge in [-0.2, -0.15) is 0 Å². The molecule has 3 aliphatic carbocycles. The summed E-state index contributed by atoms with van der Waals surface area (Å²) in [5.74, 6) is 1.36. The van der Waals surface area contributed by atoms with Crippen molar-refractivity contribution < 1.29 is 4.74 Å². The van der Waals surface area contributed by atoms with Crippen molar-refractivity contribution in [3.8, 4) is 22.3 Å². The molecular weight excluding hydrogens is 705 g/mol. The van der Waals surface area contributed by atoms with Gasteiger partial charge in [0.05, 0.1) is 6.04 Å². The molecule has 0 aromatic heterocycles. The normalized spacial score (nSPS) is 20.9. The maximum atomic E-state index is 7.01. The summed E-state index contributed by atoms with van der Waals surface area (Å²) in [5.41, 5.74) is 18.4. The van der Waals surface area contributed by atoms with Crippen LogP contribution in [0.2, 0.25) is 0 Å². The Bertz CT molecular complexity index is 2500. The Morgan fingerprint density at radius 2 is 1.34 bits per heavy atom. The third kappa shape index (κ3) is 6.77. The zero-order valence-electron chi connectivity index (χ0n) is 33.8. The molecule has 10 rings (SSSR count). The molecule has 3 heteroatoms. The van der Waals surface area contributed by atoms with Crippen molar-refractivity contribution in [3.63, 3.8) is 0 Å². The lowest BCUT2D eigenvalue weighted by atomic mass is 9.80. The maximum absolute atomic E-state index is 7.01. The van der Waals surface area contributed by atoms with E-state index < -0.39 is 0 Å². The van der Waals surface area contributed by atoms with E-state index in [2.05, 4.69) is 187 Å². The Labute approximate surface area is 344 Å². The van der Waals surface area contributed by atoms with Gasteiger partial charge in [0.2, 0.25) is 0 Å². The molecule has 0 fully saturated rings. The molecule has 0 spiro atoms. The molecule has 0 N–H and O–H groups in total. The Hall–Kier alpha value is -6.06. The number of nitrogens with zero attached hydrogens (tertiary/aromatic N) is 2. The van der Waals surface area contributed by atoms with Gasteiger partial charge >= 0.3 is 0 Å². The van der Waals surface area contributed by atoms with Gasteiger partial charge in [-0.05, 0) is 132 Å². The van der Waals surface area contributed by atoms with E-state index in [1.54, 1.807) is 0 Å². The monoisotopic (exact) mass is 756 g/mol. The molecule has 2 aliphatic heterocycles. The van der Waals surface area contributed by atoms with E-state index >= 15 is 0 Å². The van der Waals surface area contributed by atoms with Crippen molar-refractivity contribution >= 4 is 22.6 Å². The minimum absolute atomic E-state index is 0.0201. The smallest absolute Gasteiger partial charge is 0.127 e. The highest BCUT2D eigenvalue weighted by atomic mass is 16.5. The van der Waals surface area contributed by atoms with Crippen LogP contribution in [0.25, 0.3) is 27.8 Å². The van der Waals surface area contributed by atoms with Crippen molar-refractivity contribution in [2.45, 2.75) is 77.5 Å². The molecule has 0 bridgehead atoms. The molecule has 0 saturated heterocycles. The van der Waals surface area contributed by atoms with Gasteiger partial charge in [0, 0.05) is 47.2 Å². The topological polar surface area (TPSA) is 15.7 Å². The van der Waals surface area contributed by atoms with Crippen LogP contribution in [0.15, 0.2) is 192 Å². The van der Waals surface area contributed by atoms with Crippen LogP contribution in [0.3, 0.4) is 0 Å². The maximum Gasteiger partial charge on any atom is 0.127 e. The average Bonchev–Trinajstić information content (AvgIpc) is 3.67. The number of anilines is 3. The lowest BCUT2D eigenvalue weighted by Crippen LogP contribution is -2.36. The molecule has 5 aliphatic rings. The van der Waals surface area contributed by atoms with E-state index in [4.69, 9.17) is 4.74 Å². The second kappa shape index (κ2) is 15.7. The standard InChI is InChI=1S/C55H52N2O/c1-3-14-52-38(2)49-20-11-10-19-44(49)37-56(52)46-31-33-48(34-32-46)57(47-29-27-43(28-30-47)42-25-23-41(24-26-42)39-15-6-4-7-16-39)53-36-45(40-17-8-5-9-18-40)35-51-50-21-12-13-22-54(50)58-55(51)53/h4,6-7,10-13,15-17,19-35,50,53-54H,3,5,8-9,14,18,36-37H2,1-2H3. The van der Waals surface area contributed by atoms with Crippen molar-refractivity contribution in [3.05, 3.63) is 203 Å². The number of ether oxygens (including phenoxy) is 1. The molecule has 58 heavy (non-hydrogen) atoms. The number of fused-ring (bicyclic) bond motifs is 3. The molecule has 288 valence electrons. The third-order valence-electron chi connectivity index (χ3n) is 13.0. The van der Waals surface area contributed by atoms with Crippen molar-refractivity contribution in [2.24, 2.45) is 5.92 Å². The molecular formula is C55H52N2O. The summed E-state index contributed by atoms with van der Waals surface area (Å²) in [4.78, 5) is 5.12. The number of allylic oxidation sites excluding steroid dienone is 7. The first-order valence-corrected chi connectivity index (χ1v) is 21.5. The zero-order chi connectivity index (χ0) is 39.0. The number of benzene rings is 5. The predicted octanol–water partition coefficient (Wildman–Crippen LogP) is 14.3. The van der Waals surface area contributed by atoms with Crippen LogP contribution in [-0.4, -0.2) is 12.1 Å². The molecule has 5 aromatic rings. The van der Waals surface area contributed by atoms with Crippen LogP contribution in [0.1, 0.15) is 69.9 Å². The van der Waals surface area contributed by atoms with Crippen LogP contribution in [0.5, 0.6) is 0 Å². The summed E-state index contributed by atoms with van der Waals surface area (Å²) >= 11 is 0. The van der Waals surface area contributed by atoms with E-state index in [9.17, 15) is 0 Å². The van der Waals surface area contributed by atoms with Crippen LogP contribution in [0.4, 0.5) is 17.1 Å². The first-order valence-electron chi connectivity index (χ1n) is 21.5. The zero-order valence-corrected chi connectivity index (χ0v) is 33.8. The fraction of sp³-hybridized carbons (Fsp3) is 0.236. The van der Waals surface area contributed by atoms with E-state index in [-0.39, 0.29) is 18.1 Å². The molecule has 0 amide bonds. The fourth-order valence-electron chi connectivity index (χ4n) is 9.96. The van der Waals surface area contributed by atoms with Crippen molar-refractivity contribution in [1.29, 1.82) is 0 Å². The largest absolute Gasteiger partial charge is 0.487 e. The highest BCUT2D eigenvalue weighted by Gasteiger charge is 2.42. The first kappa shape index (κ1) is 36.3. The second-order valence-corrected chi connectivity index (χ2v) is 16.5. The molecule has 3 unspecified atom stereocenters. The van der Waals surface area contributed by atoms with E-state index in [1.807, 2.05) is 0 Å². The van der Waals surface area contributed by atoms with Crippen LogP contribution in [-0.2, 0) is 11.3 Å². The van der Waals surface area contributed by atoms with Gasteiger partial charge in [0.15, 0.2) is 0 Å². The summed E-state index contributed by atoms with van der Waals surface area (Å²) in [6.07, 6.45) is 21.9. The highest BCUT2D eigenvalue weighted by Crippen LogP contribution is 2.48. The molecule has 0 radical (unpaired) electrons. The number of hydrogen-bond acceptors (Lipinski definition) is 3. The SMILES string of the molecule is CCCC1=C(C)c2ccccc2CN1c1ccc(N(c2ccc(-c3ccc(-c4ccccc4)cc3)cc2)C2CC(C3=CCCCC3)=CC3=C2OC2C=CC=CC32)cc1. The van der Waals surface area contributed by atoms with Crippen LogP contribution < -0.4 is 9.80 Å². The summed E-state index contributed by atoms with van der Waals surface area (Å²) < 4.78 is 7.01. The summed E-state index contributed by atoms with van der Waals surface area (Å²) in [6.45, 7) is 5.48. The molecule has 2 heterocycles. The Kier molecular flexibility index (Phi) is 9.83. The van der Waals surface area contributed by atoms with Gasteiger partial charge < -0.3 is 14.5 Å². The minimum atomic E-state index is 0.0201. The Balaban J connectivity index is 1.04. The Morgan fingerprint density at radius 1 is 0.690 bits per heavy atom. The highest BCUT2D eigenvalue weighted by molar-refractivity contribution is 5.79. The van der Waals surface area contributed by atoms with Gasteiger partial charge in [-0.25, -0.2) is 0 Å². The van der Waals surface area contributed by atoms with Crippen LogP contribution in [0, 0.1) is 5.92 Å².